The van der Waals surface area contributed by atoms with Gasteiger partial charge in [-0.15, -0.1) is 0 Å². The topological polar surface area (TPSA) is 0 Å². The molecule has 0 radical (unpaired) electrons. The van der Waals surface area contributed by atoms with Crippen LogP contribution < -0.4 is 5.19 Å². The third kappa shape index (κ3) is 1.35. The van der Waals surface area contributed by atoms with Gasteiger partial charge < -0.3 is 0 Å². The van der Waals surface area contributed by atoms with Crippen LogP contribution in [0.5, 0.6) is 0 Å². The first-order valence-corrected chi connectivity index (χ1v) is 5.38. The summed E-state index contributed by atoms with van der Waals surface area (Å²) in [6, 6.07) is 10.2. The maximum atomic E-state index is 5.67. The zero-order valence-electron chi connectivity index (χ0n) is 4.47. The molecule has 1 aromatic carbocycles. The Morgan fingerprint density at radius 1 is 1.12 bits per heavy atom. The molecule has 0 unspecified atom stereocenters. The van der Waals surface area contributed by atoms with Gasteiger partial charge in [0.2, 0.25) is 0 Å². The predicted molar refractivity (Wildman–Crippen MR) is 40.5 cm³/mol. The molecule has 0 aliphatic rings. The molecule has 1 aromatic rings. The summed E-state index contributed by atoms with van der Waals surface area (Å²) in [5.74, 6) is 0. The average molecular weight is 143 g/mol. The van der Waals surface area contributed by atoms with Gasteiger partial charge >= 0.3 is 0 Å². The Bertz CT molecular complexity index is 150. The van der Waals surface area contributed by atoms with Crippen molar-refractivity contribution in [3.63, 3.8) is 0 Å². The Morgan fingerprint density at radius 3 is 2.12 bits per heavy atom. The van der Waals surface area contributed by atoms with Gasteiger partial charge in [-0.1, -0.05) is 30.3 Å². The molecule has 0 aliphatic heterocycles. The van der Waals surface area contributed by atoms with Gasteiger partial charge in [0.15, 0.2) is 8.83 Å². The van der Waals surface area contributed by atoms with Gasteiger partial charge in [-0.25, -0.2) is 0 Å². The number of benzene rings is 1. The molecule has 42 valence electrons. The fraction of sp³-hybridized carbons (Fsp3) is 0. The molecule has 8 heavy (non-hydrogen) atoms. The highest BCUT2D eigenvalue weighted by atomic mass is 35.6. The summed E-state index contributed by atoms with van der Waals surface area (Å²) in [4.78, 5) is 0. The average Bonchev–Trinajstić information content (AvgIpc) is 1.90. The van der Waals surface area contributed by atoms with Crippen molar-refractivity contribution >= 4 is 25.1 Å². The molecule has 0 N–H and O–H groups in total. The van der Waals surface area contributed by atoms with Crippen LogP contribution in [0.1, 0.15) is 0 Å². The van der Waals surface area contributed by atoms with Crippen LogP contribution >= 0.6 is 11.1 Å². The standard InChI is InChI=1S/C6H7ClSi/c7-8-6-4-2-1-3-5-6/h1-5H,8H2. The van der Waals surface area contributed by atoms with Crippen LogP contribution in [0.4, 0.5) is 0 Å². The minimum Gasteiger partial charge on any atom is -0.170 e. The number of hydrogen-bond donors (Lipinski definition) is 0. The van der Waals surface area contributed by atoms with E-state index in [1.165, 1.54) is 5.19 Å². The Balaban J connectivity index is 2.83. The Morgan fingerprint density at radius 2 is 1.75 bits per heavy atom. The van der Waals surface area contributed by atoms with Gasteiger partial charge in [-0.2, -0.15) is 11.1 Å². The van der Waals surface area contributed by atoms with E-state index >= 15 is 0 Å². The van der Waals surface area contributed by atoms with E-state index < -0.39 is 8.83 Å². The van der Waals surface area contributed by atoms with E-state index in [0.29, 0.717) is 0 Å². The summed E-state index contributed by atoms with van der Waals surface area (Å²) < 4.78 is 0. The molecule has 0 aliphatic carbocycles. The van der Waals surface area contributed by atoms with Crippen LogP contribution in [0.15, 0.2) is 30.3 Å². The molecule has 0 spiro atoms. The lowest BCUT2D eigenvalue weighted by Crippen LogP contribution is -2.05. The van der Waals surface area contributed by atoms with Gasteiger partial charge in [0.1, 0.15) is 0 Å². The van der Waals surface area contributed by atoms with E-state index in [0.717, 1.165) is 0 Å². The highest BCUT2D eigenvalue weighted by molar-refractivity contribution is 7.01. The van der Waals surface area contributed by atoms with Gasteiger partial charge in [-0.3, -0.25) is 0 Å². The van der Waals surface area contributed by atoms with Gasteiger partial charge in [0, 0.05) is 0 Å². The van der Waals surface area contributed by atoms with E-state index in [9.17, 15) is 0 Å². The molecule has 0 amide bonds. The Labute approximate surface area is 56.0 Å². The minimum absolute atomic E-state index is 0.437. The molecule has 1 rings (SSSR count). The Hall–Kier alpha value is -0.273. The molecule has 0 nitrogen and oxygen atoms in total. The first-order valence-electron chi connectivity index (χ1n) is 2.53. The quantitative estimate of drug-likeness (QED) is 0.399. The van der Waals surface area contributed by atoms with Crippen molar-refractivity contribution in [3.05, 3.63) is 30.3 Å². The maximum Gasteiger partial charge on any atom is 0.155 e. The first kappa shape index (κ1) is 5.86. The van der Waals surface area contributed by atoms with Gasteiger partial charge in [-0.05, 0) is 5.19 Å². The van der Waals surface area contributed by atoms with Crippen LogP contribution in [0, 0.1) is 0 Å². The zero-order chi connectivity index (χ0) is 5.82. The molecule has 0 aromatic heterocycles. The van der Waals surface area contributed by atoms with Gasteiger partial charge in [0.05, 0.1) is 0 Å². The van der Waals surface area contributed by atoms with E-state index in [4.69, 9.17) is 11.1 Å². The van der Waals surface area contributed by atoms with E-state index in [1.807, 2.05) is 18.2 Å². The molecule has 0 saturated heterocycles. The van der Waals surface area contributed by atoms with Crippen LogP contribution in [0.2, 0.25) is 0 Å². The summed E-state index contributed by atoms with van der Waals surface area (Å²) in [5, 5.41) is 1.31. The van der Waals surface area contributed by atoms with Crippen LogP contribution in [-0.2, 0) is 0 Å². The first-order chi connectivity index (χ1) is 3.93. The van der Waals surface area contributed by atoms with Crippen molar-refractivity contribution in [2.24, 2.45) is 0 Å². The van der Waals surface area contributed by atoms with Crippen LogP contribution in [-0.4, -0.2) is 8.83 Å². The fourth-order valence-electron chi connectivity index (χ4n) is 0.567. The van der Waals surface area contributed by atoms with Crippen molar-refractivity contribution in [2.75, 3.05) is 0 Å². The molecule has 2 heteroatoms. The number of rotatable bonds is 1. The van der Waals surface area contributed by atoms with Crippen LogP contribution in [0.3, 0.4) is 0 Å². The van der Waals surface area contributed by atoms with Crippen molar-refractivity contribution in [1.29, 1.82) is 0 Å². The van der Waals surface area contributed by atoms with Crippen LogP contribution in [0.25, 0.3) is 0 Å². The second-order valence-electron chi connectivity index (χ2n) is 1.62. The van der Waals surface area contributed by atoms with Crippen molar-refractivity contribution in [1.82, 2.24) is 0 Å². The van der Waals surface area contributed by atoms with Gasteiger partial charge in [0.25, 0.3) is 0 Å². The maximum absolute atomic E-state index is 5.67. The lowest BCUT2D eigenvalue weighted by Gasteiger charge is -1.87. The highest BCUT2D eigenvalue weighted by Gasteiger charge is 1.83. The molecule has 0 atom stereocenters. The number of halogens is 1. The molecule has 0 heterocycles. The van der Waals surface area contributed by atoms with Crippen molar-refractivity contribution in [2.45, 2.75) is 0 Å². The summed E-state index contributed by atoms with van der Waals surface area (Å²) in [7, 11) is -0.437. The van der Waals surface area contributed by atoms with Crippen molar-refractivity contribution in [3.8, 4) is 0 Å². The zero-order valence-corrected chi connectivity index (χ0v) is 6.64. The Kier molecular flexibility index (Phi) is 2.12. The molecular formula is C6H7ClSi. The fourth-order valence-corrected chi connectivity index (χ4v) is 1.55. The second kappa shape index (κ2) is 2.90. The largest absolute Gasteiger partial charge is 0.170 e. The third-order valence-electron chi connectivity index (χ3n) is 0.997. The molecule has 0 fully saturated rings. The third-order valence-corrected chi connectivity index (χ3v) is 2.70. The lowest BCUT2D eigenvalue weighted by atomic mass is 10.4. The van der Waals surface area contributed by atoms with Crippen molar-refractivity contribution < 1.29 is 0 Å². The normalized spacial score (nSPS) is 10.6. The second-order valence-corrected chi connectivity index (χ2v) is 3.50. The van der Waals surface area contributed by atoms with E-state index in [1.54, 1.807) is 0 Å². The lowest BCUT2D eigenvalue weighted by molar-refractivity contribution is 1.77. The summed E-state index contributed by atoms with van der Waals surface area (Å²) in [6.45, 7) is 0. The molecule has 0 bridgehead atoms. The highest BCUT2D eigenvalue weighted by Crippen LogP contribution is 1.81. The molecular weight excluding hydrogens is 136 g/mol. The summed E-state index contributed by atoms with van der Waals surface area (Å²) in [6.07, 6.45) is 0. The molecule has 0 saturated carbocycles. The van der Waals surface area contributed by atoms with E-state index in [2.05, 4.69) is 12.1 Å². The minimum atomic E-state index is -0.437. The smallest absolute Gasteiger partial charge is 0.155 e. The predicted octanol–water partition coefficient (Wildman–Crippen LogP) is 0.634. The summed E-state index contributed by atoms with van der Waals surface area (Å²) in [5.41, 5.74) is 0. The number of hydrogen-bond acceptors (Lipinski definition) is 0. The summed E-state index contributed by atoms with van der Waals surface area (Å²) >= 11 is 5.67. The SMILES string of the molecule is Cl[SiH2]c1ccccc1. The van der Waals surface area contributed by atoms with E-state index in [-0.39, 0.29) is 0 Å². The monoisotopic (exact) mass is 142 g/mol.